The molecule has 238 valence electrons. The summed E-state index contributed by atoms with van der Waals surface area (Å²) >= 11 is 0. The highest BCUT2D eigenvalue weighted by atomic mass is 16.5. The number of esters is 2. The molecule has 6 rings (SSSR count). The third-order valence-electron chi connectivity index (χ3n) is 7.70. The quantitative estimate of drug-likeness (QED) is 0.146. The number of aromatic amines is 1. The molecule has 12 heteroatoms. The monoisotopic (exact) mass is 639 g/mol. The first-order valence-electron chi connectivity index (χ1n) is 14.7. The SMILES string of the molecule is COC(=O)C1=C(C(=O)OC)N(c2cccc(-c3nnc(-c4cccc(Oc5ccc(N)cc5)c4)[nH]3)c2)C(N)=C(C#N)C1c1ccccc1. The Labute approximate surface area is 275 Å². The molecule has 0 saturated carbocycles. The third-order valence-corrected chi connectivity index (χ3v) is 7.70. The normalized spacial score (nSPS) is 14.4. The second-order valence-electron chi connectivity index (χ2n) is 10.6. The van der Waals surface area contributed by atoms with E-state index < -0.39 is 17.9 Å². The zero-order valence-electron chi connectivity index (χ0n) is 25.9. The average Bonchev–Trinajstić information content (AvgIpc) is 3.63. The highest BCUT2D eigenvalue weighted by molar-refractivity contribution is 6.06. The summed E-state index contributed by atoms with van der Waals surface area (Å²) in [6.45, 7) is 0. The lowest BCUT2D eigenvalue weighted by molar-refractivity contribution is -0.139. The van der Waals surface area contributed by atoms with Gasteiger partial charge in [-0.1, -0.05) is 54.6 Å². The lowest BCUT2D eigenvalue weighted by Crippen LogP contribution is -2.40. The Balaban J connectivity index is 1.40. The van der Waals surface area contributed by atoms with Crippen molar-refractivity contribution in [1.82, 2.24) is 15.2 Å². The number of nitrogens with one attached hydrogen (secondary N) is 1. The second kappa shape index (κ2) is 13.2. The number of carbonyl (C=O) groups is 2. The minimum absolute atomic E-state index is 0.0484. The molecule has 0 radical (unpaired) electrons. The van der Waals surface area contributed by atoms with Gasteiger partial charge in [-0.05, 0) is 54.1 Å². The number of methoxy groups -OCH3 is 2. The summed E-state index contributed by atoms with van der Waals surface area (Å²) in [4.78, 5) is 31.4. The van der Waals surface area contributed by atoms with Crippen LogP contribution in [0.25, 0.3) is 22.8 Å². The largest absolute Gasteiger partial charge is 0.466 e. The first-order valence-corrected chi connectivity index (χ1v) is 14.7. The summed E-state index contributed by atoms with van der Waals surface area (Å²) in [6.07, 6.45) is 0. The summed E-state index contributed by atoms with van der Waals surface area (Å²) < 4.78 is 16.2. The van der Waals surface area contributed by atoms with E-state index in [4.69, 9.17) is 25.7 Å². The van der Waals surface area contributed by atoms with Crippen LogP contribution >= 0.6 is 0 Å². The van der Waals surface area contributed by atoms with Crippen LogP contribution in [0.2, 0.25) is 0 Å². The molecule has 0 spiro atoms. The van der Waals surface area contributed by atoms with Crippen LogP contribution in [0, 0.1) is 11.3 Å². The van der Waals surface area contributed by atoms with Crippen molar-refractivity contribution in [3.8, 4) is 40.3 Å². The molecule has 48 heavy (non-hydrogen) atoms. The first-order chi connectivity index (χ1) is 23.3. The molecule has 0 bridgehead atoms. The molecule has 0 aliphatic carbocycles. The van der Waals surface area contributed by atoms with Crippen LogP contribution in [0.15, 0.2) is 126 Å². The van der Waals surface area contributed by atoms with Gasteiger partial charge in [0, 0.05) is 22.5 Å². The van der Waals surface area contributed by atoms with E-state index in [1.54, 1.807) is 78.9 Å². The number of aromatic nitrogens is 3. The van der Waals surface area contributed by atoms with Gasteiger partial charge in [-0.3, -0.25) is 4.90 Å². The van der Waals surface area contributed by atoms with Crippen LogP contribution in [0.5, 0.6) is 11.5 Å². The Morgan fingerprint density at radius 2 is 1.44 bits per heavy atom. The number of nitrogens with two attached hydrogens (primary N) is 2. The molecule has 1 aromatic heterocycles. The van der Waals surface area contributed by atoms with E-state index in [-0.39, 0.29) is 22.7 Å². The van der Waals surface area contributed by atoms with Crippen molar-refractivity contribution in [3.05, 3.63) is 131 Å². The first kappa shape index (κ1) is 31.1. The number of anilines is 2. The van der Waals surface area contributed by atoms with E-state index in [1.807, 2.05) is 24.3 Å². The van der Waals surface area contributed by atoms with Crippen molar-refractivity contribution in [1.29, 1.82) is 5.26 Å². The van der Waals surface area contributed by atoms with E-state index in [0.717, 1.165) is 5.56 Å². The molecule has 5 N–H and O–H groups in total. The zero-order valence-corrected chi connectivity index (χ0v) is 25.9. The summed E-state index contributed by atoms with van der Waals surface area (Å²) in [7, 11) is 2.40. The zero-order chi connectivity index (χ0) is 33.8. The molecule has 0 saturated heterocycles. The highest BCUT2D eigenvalue weighted by Gasteiger charge is 2.43. The maximum absolute atomic E-state index is 13.4. The second-order valence-corrected chi connectivity index (χ2v) is 10.6. The third kappa shape index (κ3) is 5.91. The fraction of sp³-hybridized carbons (Fsp3) is 0.0833. The number of ether oxygens (including phenoxy) is 3. The van der Waals surface area contributed by atoms with Gasteiger partial charge < -0.3 is 30.7 Å². The molecule has 12 nitrogen and oxygen atoms in total. The van der Waals surface area contributed by atoms with E-state index >= 15 is 0 Å². The molecule has 4 aromatic carbocycles. The van der Waals surface area contributed by atoms with Crippen LogP contribution in [-0.2, 0) is 19.1 Å². The number of nitriles is 1. The maximum atomic E-state index is 13.4. The van der Waals surface area contributed by atoms with Gasteiger partial charge in [0.15, 0.2) is 11.6 Å². The van der Waals surface area contributed by atoms with Crippen molar-refractivity contribution in [2.75, 3.05) is 24.9 Å². The Kier molecular flexibility index (Phi) is 8.58. The van der Waals surface area contributed by atoms with Crippen LogP contribution < -0.4 is 21.1 Å². The van der Waals surface area contributed by atoms with E-state index in [9.17, 15) is 14.9 Å². The Morgan fingerprint density at radius 1 is 0.792 bits per heavy atom. The Bertz CT molecular complexity index is 2110. The van der Waals surface area contributed by atoms with Gasteiger partial charge in [-0.15, -0.1) is 10.2 Å². The number of allylic oxidation sites excluding steroid dienone is 1. The van der Waals surface area contributed by atoms with Gasteiger partial charge in [0.1, 0.15) is 23.0 Å². The van der Waals surface area contributed by atoms with Gasteiger partial charge in [0.2, 0.25) is 0 Å². The van der Waals surface area contributed by atoms with Crippen molar-refractivity contribution in [2.45, 2.75) is 5.92 Å². The van der Waals surface area contributed by atoms with Crippen molar-refractivity contribution >= 4 is 23.3 Å². The van der Waals surface area contributed by atoms with Crippen LogP contribution in [0.3, 0.4) is 0 Å². The lowest BCUT2D eigenvalue weighted by Gasteiger charge is -2.36. The molecule has 1 aliphatic heterocycles. The van der Waals surface area contributed by atoms with Crippen molar-refractivity contribution in [3.63, 3.8) is 0 Å². The standard InChI is InChI=1S/C36H29N7O5/c1-46-35(44)30-29(21-8-4-3-5-9-21)28(20-37)32(39)43(31(30)36(45)47-2)25-12-6-10-22(18-25)33-40-34(42-41-33)23-11-7-13-27(19-23)48-26-16-14-24(38)15-17-26/h3-19,29H,38-39H2,1-2H3,(H,40,41,42). The summed E-state index contributed by atoms with van der Waals surface area (Å²) in [5.41, 5.74) is 15.1. The molecule has 5 aromatic rings. The topological polar surface area (TPSA) is 182 Å². The van der Waals surface area contributed by atoms with E-state index in [1.165, 1.54) is 19.1 Å². The number of rotatable bonds is 8. The number of hydrogen-bond donors (Lipinski definition) is 3. The van der Waals surface area contributed by atoms with Crippen LogP contribution in [0.4, 0.5) is 11.4 Å². The predicted octanol–water partition coefficient (Wildman–Crippen LogP) is 5.41. The van der Waals surface area contributed by atoms with Gasteiger partial charge in [-0.25, -0.2) is 9.59 Å². The summed E-state index contributed by atoms with van der Waals surface area (Å²) in [5, 5.41) is 19.0. The molecule has 1 unspecified atom stereocenters. The van der Waals surface area contributed by atoms with Crippen LogP contribution in [-0.4, -0.2) is 41.3 Å². The summed E-state index contributed by atoms with van der Waals surface area (Å²) in [5.74, 6) is -0.561. The van der Waals surface area contributed by atoms with Crippen LogP contribution in [0.1, 0.15) is 11.5 Å². The number of nitrogens with zero attached hydrogens (tertiary/aromatic N) is 4. The molecular weight excluding hydrogens is 610 g/mol. The van der Waals surface area contributed by atoms with Gasteiger partial charge in [-0.2, -0.15) is 5.26 Å². The highest BCUT2D eigenvalue weighted by Crippen LogP contribution is 2.43. The van der Waals surface area contributed by atoms with Crippen molar-refractivity contribution in [2.24, 2.45) is 5.73 Å². The fourth-order valence-corrected chi connectivity index (χ4v) is 5.47. The van der Waals surface area contributed by atoms with E-state index in [2.05, 4.69) is 21.3 Å². The molecule has 0 amide bonds. The number of benzene rings is 4. The predicted molar refractivity (Wildman–Crippen MR) is 178 cm³/mol. The molecular formula is C36H29N7O5. The number of carbonyl (C=O) groups excluding carboxylic acids is 2. The molecule has 2 heterocycles. The minimum atomic E-state index is -0.978. The summed E-state index contributed by atoms with van der Waals surface area (Å²) in [6, 6.07) is 32.3. The number of H-pyrrole nitrogens is 1. The lowest BCUT2D eigenvalue weighted by atomic mass is 9.81. The molecule has 1 aliphatic rings. The van der Waals surface area contributed by atoms with Gasteiger partial charge >= 0.3 is 11.9 Å². The maximum Gasteiger partial charge on any atom is 0.355 e. The fourth-order valence-electron chi connectivity index (χ4n) is 5.47. The van der Waals surface area contributed by atoms with Crippen molar-refractivity contribution < 1.29 is 23.8 Å². The smallest absolute Gasteiger partial charge is 0.355 e. The number of nitrogen functional groups attached to an aromatic ring is 1. The molecule has 1 atom stereocenters. The number of hydrogen-bond acceptors (Lipinski definition) is 11. The van der Waals surface area contributed by atoms with E-state index in [0.29, 0.717) is 45.6 Å². The molecule has 0 fully saturated rings. The van der Waals surface area contributed by atoms with Gasteiger partial charge in [0.05, 0.1) is 37.4 Å². The van der Waals surface area contributed by atoms with Gasteiger partial charge in [0.25, 0.3) is 0 Å². The minimum Gasteiger partial charge on any atom is -0.466 e. The average molecular weight is 640 g/mol. The Morgan fingerprint density at radius 3 is 2.08 bits per heavy atom. The Hall–Kier alpha value is -6.87.